The molecule has 1 amide bonds. The fourth-order valence-corrected chi connectivity index (χ4v) is 4.11. The monoisotopic (exact) mass is 471 g/mol. The minimum atomic E-state index is -1.85. The van der Waals surface area contributed by atoms with Crippen LogP contribution < -0.4 is 16.2 Å². The first-order valence-electron chi connectivity index (χ1n) is 10.7. The standard InChI is InChI=1S/C23H30FN5O3Si/c1-23(2,3)33(5,6)32-11-10-25-18-8-7-9-19-16(18)12-17(21(31)29(19)4)20(30)28-22-26-13-15(24)14-27-22/h7-9,12-14,25H,10-11H2,1-6H3,(H,26,27,28,30). The molecular formula is C23H30FN5O3Si. The Kier molecular flexibility index (Phi) is 6.99. The van der Waals surface area contributed by atoms with Gasteiger partial charge in [-0.3, -0.25) is 14.9 Å². The molecule has 176 valence electrons. The van der Waals surface area contributed by atoms with Gasteiger partial charge in [-0.2, -0.15) is 0 Å². The molecule has 10 heteroatoms. The van der Waals surface area contributed by atoms with Crippen molar-refractivity contribution in [1.29, 1.82) is 0 Å². The van der Waals surface area contributed by atoms with Crippen LogP contribution in [0.5, 0.6) is 0 Å². The Balaban J connectivity index is 1.84. The molecule has 2 heterocycles. The van der Waals surface area contributed by atoms with E-state index in [9.17, 15) is 14.0 Å². The van der Waals surface area contributed by atoms with Crippen LogP contribution in [0.3, 0.4) is 0 Å². The first kappa shape index (κ1) is 24.5. The molecule has 33 heavy (non-hydrogen) atoms. The Morgan fingerprint density at radius 1 is 1.21 bits per heavy atom. The van der Waals surface area contributed by atoms with Crippen LogP contribution in [0.15, 0.2) is 41.5 Å². The predicted molar refractivity (Wildman–Crippen MR) is 131 cm³/mol. The highest BCUT2D eigenvalue weighted by atomic mass is 28.4. The molecule has 0 saturated carbocycles. The van der Waals surface area contributed by atoms with Crippen molar-refractivity contribution in [3.05, 3.63) is 58.4 Å². The van der Waals surface area contributed by atoms with Crippen LogP contribution in [-0.2, 0) is 11.5 Å². The molecule has 3 aromatic rings. The minimum absolute atomic E-state index is 0.0651. The zero-order valence-corrected chi connectivity index (χ0v) is 20.8. The van der Waals surface area contributed by atoms with Gasteiger partial charge in [0.1, 0.15) is 5.56 Å². The Hall–Kier alpha value is -3.11. The Bertz CT molecular complexity index is 1220. The Morgan fingerprint density at radius 3 is 2.52 bits per heavy atom. The van der Waals surface area contributed by atoms with Gasteiger partial charge in [-0.25, -0.2) is 14.4 Å². The van der Waals surface area contributed by atoms with Crippen LogP contribution >= 0.6 is 0 Å². The highest BCUT2D eigenvalue weighted by Gasteiger charge is 2.36. The molecule has 2 aromatic heterocycles. The topological polar surface area (TPSA) is 98.1 Å². The number of pyridine rings is 1. The van der Waals surface area contributed by atoms with Crippen molar-refractivity contribution in [2.75, 3.05) is 23.8 Å². The highest BCUT2D eigenvalue weighted by molar-refractivity contribution is 6.74. The van der Waals surface area contributed by atoms with Crippen molar-refractivity contribution in [1.82, 2.24) is 14.5 Å². The summed E-state index contributed by atoms with van der Waals surface area (Å²) in [6.45, 7) is 12.1. The summed E-state index contributed by atoms with van der Waals surface area (Å²) < 4.78 is 20.7. The quantitative estimate of drug-likeness (QED) is 0.397. The number of fused-ring (bicyclic) bond motifs is 1. The average Bonchev–Trinajstić information content (AvgIpc) is 2.74. The van der Waals surface area contributed by atoms with Crippen LogP contribution in [0.25, 0.3) is 10.9 Å². The third-order valence-corrected chi connectivity index (χ3v) is 10.6. The molecule has 0 saturated heterocycles. The summed E-state index contributed by atoms with van der Waals surface area (Å²) in [5, 5.41) is 6.65. The summed E-state index contributed by atoms with van der Waals surface area (Å²) >= 11 is 0. The van der Waals surface area contributed by atoms with Gasteiger partial charge in [0.05, 0.1) is 24.5 Å². The first-order valence-corrected chi connectivity index (χ1v) is 13.6. The van der Waals surface area contributed by atoms with Gasteiger partial charge >= 0.3 is 0 Å². The molecular weight excluding hydrogens is 441 g/mol. The second-order valence-electron chi connectivity index (χ2n) is 9.38. The number of carbonyl (C=O) groups is 1. The molecule has 0 fully saturated rings. The molecule has 0 atom stereocenters. The number of aromatic nitrogens is 3. The smallest absolute Gasteiger partial charge is 0.263 e. The van der Waals surface area contributed by atoms with E-state index in [4.69, 9.17) is 4.43 Å². The van der Waals surface area contributed by atoms with E-state index < -0.39 is 25.6 Å². The summed E-state index contributed by atoms with van der Waals surface area (Å²) in [5.41, 5.74) is 0.948. The van der Waals surface area contributed by atoms with Gasteiger partial charge in [0.2, 0.25) is 5.95 Å². The molecule has 0 aliphatic heterocycles. The van der Waals surface area contributed by atoms with E-state index in [2.05, 4.69) is 54.5 Å². The lowest BCUT2D eigenvalue weighted by molar-refractivity contribution is 0.102. The van der Waals surface area contributed by atoms with E-state index in [1.54, 1.807) is 13.1 Å². The number of nitrogens with one attached hydrogen (secondary N) is 2. The summed E-state index contributed by atoms with van der Waals surface area (Å²) in [6.07, 6.45) is 1.88. The van der Waals surface area contributed by atoms with Crippen molar-refractivity contribution < 1.29 is 13.6 Å². The van der Waals surface area contributed by atoms with Crippen molar-refractivity contribution >= 4 is 36.8 Å². The zero-order chi connectivity index (χ0) is 24.4. The van der Waals surface area contributed by atoms with Gasteiger partial charge in [0, 0.05) is 24.7 Å². The van der Waals surface area contributed by atoms with Crippen molar-refractivity contribution in [3.8, 4) is 0 Å². The molecule has 0 bridgehead atoms. The number of hydrogen-bond donors (Lipinski definition) is 2. The van der Waals surface area contributed by atoms with Crippen molar-refractivity contribution in [3.63, 3.8) is 0 Å². The summed E-state index contributed by atoms with van der Waals surface area (Å²) in [5.74, 6) is -1.37. The van der Waals surface area contributed by atoms with Crippen LogP contribution in [-0.4, -0.2) is 41.9 Å². The van der Waals surface area contributed by atoms with Crippen molar-refractivity contribution in [2.45, 2.75) is 38.9 Å². The van der Waals surface area contributed by atoms with Gasteiger partial charge in [-0.05, 0) is 36.3 Å². The number of amides is 1. The number of benzene rings is 1. The summed E-state index contributed by atoms with van der Waals surface area (Å²) in [4.78, 5) is 33.0. The minimum Gasteiger partial charge on any atom is -0.415 e. The molecule has 0 aliphatic carbocycles. The van der Waals surface area contributed by atoms with E-state index in [1.165, 1.54) is 4.57 Å². The maximum atomic E-state index is 13.0. The molecule has 0 unspecified atom stereocenters. The van der Waals surface area contributed by atoms with Gasteiger partial charge in [0.15, 0.2) is 14.1 Å². The number of rotatable bonds is 7. The number of carbonyl (C=O) groups excluding carboxylic acids is 1. The average molecular weight is 472 g/mol. The van der Waals surface area contributed by atoms with Crippen LogP contribution in [0.2, 0.25) is 18.1 Å². The molecule has 8 nitrogen and oxygen atoms in total. The van der Waals surface area contributed by atoms with Crippen LogP contribution in [0, 0.1) is 5.82 Å². The number of aryl methyl sites for hydroxylation is 1. The maximum Gasteiger partial charge on any atom is 0.263 e. The van der Waals surface area contributed by atoms with Crippen molar-refractivity contribution in [2.24, 2.45) is 7.05 Å². The predicted octanol–water partition coefficient (Wildman–Crippen LogP) is 4.15. The second-order valence-corrected chi connectivity index (χ2v) is 14.2. The maximum absolute atomic E-state index is 13.0. The number of halogens is 1. The summed E-state index contributed by atoms with van der Waals surface area (Å²) in [7, 11) is -0.240. The Morgan fingerprint density at radius 2 is 1.88 bits per heavy atom. The summed E-state index contributed by atoms with van der Waals surface area (Å²) in [6, 6.07) is 7.11. The molecule has 3 rings (SSSR count). The second kappa shape index (κ2) is 9.40. The molecule has 2 N–H and O–H groups in total. The highest BCUT2D eigenvalue weighted by Crippen LogP contribution is 2.36. The molecule has 0 spiro atoms. The first-order chi connectivity index (χ1) is 15.4. The van der Waals surface area contributed by atoms with Gasteiger partial charge in [-0.1, -0.05) is 26.8 Å². The van der Waals surface area contributed by atoms with Gasteiger partial charge in [-0.15, -0.1) is 0 Å². The van der Waals surface area contributed by atoms with E-state index in [-0.39, 0.29) is 16.6 Å². The lowest BCUT2D eigenvalue weighted by Gasteiger charge is -2.36. The lowest BCUT2D eigenvalue weighted by atomic mass is 10.1. The fraction of sp³-hybridized carbons (Fsp3) is 0.391. The number of hydrogen-bond acceptors (Lipinski definition) is 6. The van der Waals surface area contributed by atoms with Crippen LogP contribution in [0.4, 0.5) is 16.0 Å². The van der Waals surface area contributed by atoms with Gasteiger partial charge in [0.25, 0.3) is 11.5 Å². The SMILES string of the molecule is Cn1c(=O)c(C(=O)Nc2ncc(F)cn2)cc2c(NCCO[Si](C)(C)C(C)(C)C)cccc21. The van der Waals surface area contributed by atoms with E-state index in [0.717, 1.165) is 23.5 Å². The molecule has 0 radical (unpaired) electrons. The van der Waals surface area contributed by atoms with E-state index in [0.29, 0.717) is 18.7 Å². The largest absolute Gasteiger partial charge is 0.415 e. The van der Waals surface area contributed by atoms with E-state index in [1.807, 2.05) is 18.2 Å². The van der Waals surface area contributed by atoms with Crippen LogP contribution in [0.1, 0.15) is 31.1 Å². The normalized spacial score (nSPS) is 12.1. The lowest BCUT2D eigenvalue weighted by Crippen LogP contribution is -2.41. The number of nitrogens with zero attached hydrogens (tertiary/aromatic N) is 3. The van der Waals surface area contributed by atoms with E-state index >= 15 is 0 Å². The third kappa shape index (κ3) is 5.45. The van der Waals surface area contributed by atoms with Gasteiger partial charge < -0.3 is 14.3 Å². The number of anilines is 2. The Labute approximate surface area is 193 Å². The fourth-order valence-electron chi connectivity index (χ4n) is 3.06. The molecule has 0 aliphatic rings. The zero-order valence-electron chi connectivity index (χ0n) is 19.8. The molecule has 1 aromatic carbocycles. The third-order valence-electron chi connectivity index (χ3n) is 6.05.